The van der Waals surface area contributed by atoms with Gasteiger partial charge in [0.2, 0.25) is 0 Å². The van der Waals surface area contributed by atoms with Crippen molar-refractivity contribution in [2.75, 3.05) is 7.05 Å². The van der Waals surface area contributed by atoms with Crippen LogP contribution in [-0.4, -0.2) is 28.5 Å². The zero-order valence-corrected chi connectivity index (χ0v) is 7.47. The fourth-order valence-corrected chi connectivity index (χ4v) is 1.70. The molecule has 1 heterocycles. The van der Waals surface area contributed by atoms with Crippen LogP contribution in [0.5, 0.6) is 0 Å². The van der Waals surface area contributed by atoms with Gasteiger partial charge in [-0.15, -0.1) is 0 Å². The molecular formula is C7H10N2O2S. The van der Waals surface area contributed by atoms with E-state index in [1.165, 1.54) is 11.8 Å². The van der Waals surface area contributed by atoms with Crippen molar-refractivity contribution >= 4 is 17.7 Å². The van der Waals surface area contributed by atoms with E-state index < -0.39 is 5.97 Å². The van der Waals surface area contributed by atoms with Crippen LogP contribution in [0.2, 0.25) is 0 Å². The van der Waals surface area contributed by atoms with Crippen LogP contribution >= 0.6 is 11.8 Å². The average Bonchev–Trinajstić information content (AvgIpc) is 2.30. The summed E-state index contributed by atoms with van der Waals surface area (Å²) in [7, 11) is 1.79. The van der Waals surface area contributed by atoms with Crippen molar-refractivity contribution in [3.05, 3.63) is 23.3 Å². The Morgan fingerprint density at radius 2 is 2.50 bits per heavy atom. The van der Waals surface area contributed by atoms with Crippen molar-refractivity contribution in [3.63, 3.8) is 0 Å². The van der Waals surface area contributed by atoms with Crippen LogP contribution in [0.1, 0.15) is 0 Å². The Morgan fingerprint density at radius 3 is 2.83 bits per heavy atom. The van der Waals surface area contributed by atoms with Gasteiger partial charge in [0, 0.05) is 18.2 Å². The number of hydrogen-bond donors (Lipinski definition) is 2. The third-order valence-electron chi connectivity index (χ3n) is 1.53. The Morgan fingerprint density at radius 1 is 1.92 bits per heavy atom. The number of aliphatic carboxylic acids is 1. The smallest absolute Gasteiger partial charge is 0.336 e. The molecule has 1 aliphatic rings. The maximum atomic E-state index is 10.5. The summed E-state index contributed by atoms with van der Waals surface area (Å²) in [5.74, 6) is -1.00. The minimum atomic E-state index is -1.00. The van der Waals surface area contributed by atoms with Crippen molar-refractivity contribution in [1.29, 1.82) is 0 Å². The minimum absolute atomic E-state index is 0.0970. The minimum Gasteiger partial charge on any atom is -0.478 e. The molecule has 1 aliphatic heterocycles. The SMILES string of the molecule is C=C(C(=O)O)C1=CN(C)C(N)S1. The lowest BCUT2D eigenvalue weighted by atomic mass is 10.3. The summed E-state index contributed by atoms with van der Waals surface area (Å²) in [4.78, 5) is 12.9. The van der Waals surface area contributed by atoms with E-state index in [9.17, 15) is 4.79 Å². The van der Waals surface area contributed by atoms with Crippen LogP contribution in [0.25, 0.3) is 0 Å². The van der Waals surface area contributed by atoms with Gasteiger partial charge in [-0.25, -0.2) is 4.79 Å². The van der Waals surface area contributed by atoms with Crippen LogP contribution in [0.4, 0.5) is 0 Å². The number of nitrogens with two attached hydrogens (primary N) is 1. The molecule has 0 radical (unpaired) electrons. The number of hydrogen-bond acceptors (Lipinski definition) is 4. The van der Waals surface area contributed by atoms with E-state index >= 15 is 0 Å². The summed E-state index contributed by atoms with van der Waals surface area (Å²) in [5, 5.41) is 8.60. The maximum absolute atomic E-state index is 10.5. The van der Waals surface area contributed by atoms with E-state index in [1.54, 1.807) is 18.1 Å². The van der Waals surface area contributed by atoms with Gasteiger partial charge in [0.1, 0.15) is 5.50 Å². The molecule has 0 spiro atoms. The third-order valence-corrected chi connectivity index (χ3v) is 2.71. The van der Waals surface area contributed by atoms with Gasteiger partial charge in [-0.2, -0.15) is 0 Å². The Kier molecular flexibility index (Phi) is 2.44. The van der Waals surface area contributed by atoms with Crippen LogP contribution in [0, 0.1) is 0 Å². The molecule has 0 aliphatic carbocycles. The third kappa shape index (κ3) is 1.62. The number of carboxylic acids is 1. The molecule has 1 atom stereocenters. The van der Waals surface area contributed by atoms with Crippen molar-refractivity contribution in [3.8, 4) is 0 Å². The van der Waals surface area contributed by atoms with E-state index in [0.717, 1.165) is 0 Å². The Balaban J connectivity index is 2.74. The molecular weight excluding hydrogens is 176 g/mol. The fourth-order valence-electron chi connectivity index (χ4n) is 0.757. The first-order valence-corrected chi connectivity index (χ1v) is 4.19. The quantitative estimate of drug-likeness (QED) is 0.611. The predicted molar refractivity (Wildman–Crippen MR) is 48.2 cm³/mol. The van der Waals surface area contributed by atoms with E-state index in [1.807, 2.05) is 0 Å². The van der Waals surface area contributed by atoms with Gasteiger partial charge in [0.05, 0.1) is 5.57 Å². The number of carboxylic acid groups (broad SMARTS) is 1. The Labute approximate surface area is 74.7 Å². The monoisotopic (exact) mass is 186 g/mol. The van der Waals surface area contributed by atoms with E-state index in [0.29, 0.717) is 4.91 Å². The van der Waals surface area contributed by atoms with Crippen LogP contribution in [0.3, 0.4) is 0 Å². The molecule has 1 unspecified atom stereocenters. The average molecular weight is 186 g/mol. The van der Waals surface area contributed by atoms with Crippen LogP contribution in [-0.2, 0) is 4.79 Å². The van der Waals surface area contributed by atoms with Gasteiger partial charge < -0.3 is 15.7 Å². The van der Waals surface area contributed by atoms with Crippen molar-refractivity contribution in [2.45, 2.75) is 5.50 Å². The lowest BCUT2D eigenvalue weighted by Crippen LogP contribution is -2.28. The lowest BCUT2D eigenvalue weighted by molar-refractivity contribution is -0.132. The first kappa shape index (κ1) is 9.15. The molecule has 0 bridgehead atoms. The molecule has 3 N–H and O–H groups in total. The number of carbonyl (C=O) groups is 1. The van der Waals surface area contributed by atoms with E-state index in [-0.39, 0.29) is 11.1 Å². The van der Waals surface area contributed by atoms with Gasteiger partial charge in [-0.05, 0) is 0 Å². The van der Waals surface area contributed by atoms with Gasteiger partial charge in [0.25, 0.3) is 0 Å². The summed E-state index contributed by atoms with van der Waals surface area (Å²) in [5.41, 5.74) is 5.51. The van der Waals surface area contributed by atoms with Crippen LogP contribution < -0.4 is 5.73 Å². The number of nitrogens with zero attached hydrogens (tertiary/aromatic N) is 1. The van der Waals surface area contributed by atoms with Crippen molar-refractivity contribution < 1.29 is 9.90 Å². The molecule has 0 aromatic carbocycles. The molecule has 4 nitrogen and oxygen atoms in total. The second-order valence-electron chi connectivity index (χ2n) is 2.45. The highest BCUT2D eigenvalue weighted by Gasteiger charge is 2.22. The van der Waals surface area contributed by atoms with E-state index in [4.69, 9.17) is 10.8 Å². The largest absolute Gasteiger partial charge is 0.478 e. The normalized spacial score (nSPS) is 22.3. The Bertz CT molecular complexity index is 262. The summed E-state index contributed by atoms with van der Waals surface area (Å²) < 4.78 is 0. The molecule has 0 fully saturated rings. The molecule has 0 aromatic heterocycles. The fraction of sp³-hybridized carbons (Fsp3) is 0.286. The molecule has 0 amide bonds. The number of thioether (sulfide) groups is 1. The van der Waals surface area contributed by atoms with Gasteiger partial charge in [-0.3, -0.25) is 0 Å². The van der Waals surface area contributed by atoms with Gasteiger partial charge in [-0.1, -0.05) is 18.3 Å². The molecule has 0 saturated carbocycles. The van der Waals surface area contributed by atoms with Gasteiger partial charge in [0.15, 0.2) is 0 Å². The lowest BCUT2D eigenvalue weighted by Gasteiger charge is -2.12. The predicted octanol–water partition coefficient (Wildman–Crippen LogP) is 0.390. The summed E-state index contributed by atoms with van der Waals surface area (Å²) in [6.07, 6.45) is 1.69. The highest BCUT2D eigenvalue weighted by molar-refractivity contribution is 8.04. The summed E-state index contributed by atoms with van der Waals surface area (Å²) >= 11 is 1.29. The zero-order chi connectivity index (χ0) is 9.30. The number of rotatable bonds is 2. The second kappa shape index (κ2) is 3.20. The molecule has 1 rings (SSSR count). The zero-order valence-electron chi connectivity index (χ0n) is 6.65. The highest BCUT2D eigenvalue weighted by atomic mass is 32.2. The molecule has 5 heteroatoms. The molecule has 12 heavy (non-hydrogen) atoms. The van der Waals surface area contributed by atoms with Crippen molar-refractivity contribution in [2.24, 2.45) is 5.73 Å². The van der Waals surface area contributed by atoms with Crippen LogP contribution in [0.15, 0.2) is 23.3 Å². The molecule has 0 aromatic rings. The first-order valence-electron chi connectivity index (χ1n) is 3.31. The van der Waals surface area contributed by atoms with Gasteiger partial charge >= 0.3 is 5.97 Å². The topological polar surface area (TPSA) is 66.6 Å². The highest BCUT2D eigenvalue weighted by Crippen LogP contribution is 2.32. The summed E-state index contributed by atoms with van der Waals surface area (Å²) in [6, 6.07) is 0. The molecule has 0 saturated heterocycles. The maximum Gasteiger partial charge on any atom is 0.336 e. The standard InChI is InChI=1S/C7H10N2O2S/c1-4(6(10)11)5-3-9(2)7(8)12-5/h3,7H,1,8H2,2H3,(H,10,11). The molecule has 66 valence electrons. The van der Waals surface area contributed by atoms with E-state index in [2.05, 4.69) is 6.58 Å². The van der Waals surface area contributed by atoms with Crippen molar-refractivity contribution in [1.82, 2.24) is 4.90 Å². The second-order valence-corrected chi connectivity index (χ2v) is 3.61. The first-order chi connectivity index (χ1) is 5.52. The summed E-state index contributed by atoms with van der Waals surface area (Å²) in [6.45, 7) is 3.43. The Hall–Kier alpha value is -0.940.